The van der Waals surface area contributed by atoms with Crippen molar-refractivity contribution in [1.29, 1.82) is 0 Å². The van der Waals surface area contributed by atoms with Crippen molar-refractivity contribution in [3.8, 4) is 44.5 Å². The zero-order valence-corrected chi connectivity index (χ0v) is 20.8. The minimum Gasteiger partial charge on any atom is -0.254 e. The summed E-state index contributed by atoms with van der Waals surface area (Å²) >= 11 is 0. The Kier molecular flexibility index (Phi) is 5.49. The van der Waals surface area contributed by atoms with E-state index in [1.165, 1.54) is 33.4 Å². The van der Waals surface area contributed by atoms with Gasteiger partial charge in [-0.3, -0.25) is 9.97 Å². The minimum absolute atomic E-state index is 0.920. The van der Waals surface area contributed by atoms with E-state index in [0.717, 1.165) is 32.9 Å². The molecule has 178 valence electrons. The van der Waals surface area contributed by atoms with E-state index in [2.05, 4.69) is 127 Å². The highest BCUT2D eigenvalue weighted by Gasteiger charge is 2.14. The number of fused-ring (bicyclic) bond motifs is 3. The molecule has 0 saturated heterocycles. The summed E-state index contributed by atoms with van der Waals surface area (Å²) in [6.07, 6.45) is 3.81. The molecule has 0 unspecified atom stereocenters. The molecular formula is C36H24N2. The largest absolute Gasteiger partial charge is 0.254 e. The molecule has 0 bridgehead atoms. The number of hydrogen-bond acceptors (Lipinski definition) is 2. The van der Waals surface area contributed by atoms with Crippen LogP contribution in [0.2, 0.25) is 0 Å². The van der Waals surface area contributed by atoms with Gasteiger partial charge in [-0.15, -0.1) is 0 Å². The predicted molar refractivity (Wildman–Crippen MR) is 159 cm³/mol. The molecule has 2 heterocycles. The van der Waals surface area contributed by atoms with Crippen molar-refractivity contribution >= 4 is 21.8 Å². The Morgan fingerprint density at radius 2 is 0.842 bits per heavy atom. The first kappa shape index (κ1) is 22.1. The molecule has 2 heteroatoms. The maximum absolute atomic E-state index is 4.84. The van der Waals surface area contributed by atoms with Gasteiger partial charge in [-0.05, 0) is 62.7 Å². The highest BCUT2D eigenvalue weighted by Crippen LogP contribution is 2.39. The van der Waals surface area contributed by atoms with Gasteiger partial charge >= 0.3 is 0 Å². The van der Waals surface area contributed by atoms with Crippen LogP contribution in [0.3, 0.4) is 0 Å². The van der Waals surface area contributed by atoms with Crippen LogP contribution < -0.4 is 0 Å². The van der Waals surface area contributed by atoms with Crippen molar-refractivity contribution in [2.45, 2.75) is 0 Å². The third kappa shape index (κ3) is 3.84. The molecule has 7 rings (SSSR count). The zero-order valence-electron chi connectivity index (χ0n) is 20.8. The molecule has 0 spiro atoms. The van der Waals surface area contributed by atoms with Gasteiger partial charge in [0, 0.05) is 23.2 Å². The second kappa shape index (κ2) is 9.42. The molecule has 2 aromatic heterocycles. The highest BCUT2D eigenvalue weighted by molar-refractivity contribution is 6.12. The van der Waals surface area contributed by atoms with Crippen molar-refractivity contribution in [3.05, 3.63) is 146 Å². The molecule has 0 aliphatic carbocycles. The molecule has 0 aliphatic heterocycles. The number of nitrogens with zero attached hydrogens (tertiary/aromatic N) is 2. The summed E-state index contributed by atoms with van der Waals surface area (Å²) in [6.45, 7) is 0. The Morgan fingerprint density at radius 3 is 1.55 bits per heavy atom. The topological polar surface area (TPSA) is 25.8 Å². The summed E-state index contributed by atoms with van der Waals surface area (Å²) in [5.41, 5.74) is 11.3. The molecule has 0 saturated carbocycles. The summed E-state index contributed by atoms with van der Waals surface area (Å²) < 4.78 is 0. The molecule has 0 N–H and O–H groups in total. The second-order valence-electron chi connectivity index (χ2n) is 9.43. The van der Waals surface area contributed by atoms with E-state index in [0.29, 0.717) is 0 Å². The van der Waals surface area contributed by atoms with Crippen molar-refractivity contribution in [3.63, 3.8) is 0 Å². The van der Waals surface area contributed by atoms with Crippen LogP contribution in [0, 0.1) is 0 Å². The standard InChI is InChI=1S/C36H24N2/c1-3-10-25(11-4-1)27-14-9-15-28(24-27)30-20-22-37-35-33(30)18-19-34-32(21-23-38-36(34)35)31-17-8-7-16-29(31)26-12-5-2-6-13-26/h1-24H. The van der Waals surface area contributed by atoms with Crippen molar-refractivity contribution in [1.82, 2.24) is 9.97 Å². The number of hydrogen-bond donors (Lipinski definition) is 0. The summed E-state index contributed by atoms with van der Waals surface area (Å²) in [5, 5.41) is 2.21. The van der Waals surface area contributed by atoms with Gasteiger partial charge in [0.1, 0.15) is 0 Å². The van der Waals surface area contributed by atoms with Crippen molar-refractivity contribution in [2.24, 2.45) is 0 Å². The van der Waals surface area contributed by atoms with Crippen LogP contribution in [-0.4, -0.2) is 9.97 Å². The second-order valence-corrected chi connectivity index (χ2v) is 9.43. The molecule has 0 radical (unpaired) electrons. The number of pyridine rings is 2. The first-order valence-electron chi connectivity index (χ1n) is 12.8. The fourth-order valence-electron chi connectivity index (χ4n) is 5.40. The van der Waals surface area contributed by atoms with E-state index in [1.807, 2.05) is 18.5 Å². The van der Waals surface area contributed by atoms with Crippen LogP contribution in [0.25, 0.3) is 66.3 Å². The quantitative estimate of drug-likeness (QED) is 0.233. The normalized spacial score (nSPS) is 11.2. The SMILES string of the molecule is c1ccc(-c2cccc(-c3ccnc4c3ccc3c(-c5ccccc5-c5ccccc5)ccnc34)c2)cc1. The first-order chi connectivity index (χ1) is 18.9. The van der Waals surface area contributed by atoms with Gasteiger partial charge in [-0.2, -0.15) is 0 Å². The lowest BCUT2D eigenvalue weighted by atomic mass is 9.91. The summed E-state index contributed by atoms with van der Waals surface area (Å²) in [5.74, 6) is 0. The molecule has 0 fully saturated rings. The number of benzene rings is 5. The van der Waals surface area contributed by atoms with Crippen LogP contribution in [0.15, 0.2) is 146 Å². The molecular weight excluding hydrogens is 460 g/mol. The molecule has 0 aliphatic rings. The Labute approximate surface area is 221 Å². The van der Waals surface area contributed by atoms with E-state index in [4.69, 9.17) is 9.97 Å². The van der Waals surface area contributed by atoms with E-state index >= 15 is 0 Å². The highest BCUT2D eigenvalue weighted by atomic mass is 14.7. The van der Waals surface area contributed by atoms with Crippen LogP contribution in [0.1, 0.15) is 0 Å². The lowest BCUT2D eigenvalue weighted by Gasteiger charge is -2.14. The fraction of sp³-hybridized carbons (Fsp3) is 0. The smallest absolute Gasteiger partial charge is 0.0970 e. The van der Waals surface area contributed by atoms with Gasteiger partial charge in [0.25, 0.3) is 0 Å². The minimum atomic E-state index is 0.920. The Morgan fingerprint density at radius 1 is 0.316 bits per heavy atom. The predicted octanol–water partition coefficient (Wildman–Crippen LogP) is 9.45. The third-order valence-corrected chi connectivity index (χ3v) is 7.20. The van der Waals surface area contributed by atoms with E-state index in [1.54, 1.807) is 0 Å². The lowest BCUT2D eigenvalue weighted by molar-refractivity contribution is 1.37. The average molecular weight is 485 g/mol. The van der Waals surface area contributed by atoms with Gasteiger partial charge in [0.15, 0.2) is 0 Å². The Hall–Kier alpha value is -5.08. The zero-order chi connectivity index (χ0) is 25.3. The van der Waals surface area contributed by atoms with Gasteiger partial charge in [0.2, 0.25) is 0 Å². The van der Waals surface area contributed by atoms with E-state index in [-0.39, 0.29) is 0 Å². The maximum Gasteiger partial charge on any atom is 0.0970 e. The molecule has 7 aromatic rings. The lowest BCUT2D eigenvalue weighted by Crippen LogP contribution is -1.92. The molecule has 0 amide bonds. The average Bonchev–Trinajstić information content (AvgIpc) is 3.01. The van der Waals surface area contributed by atoms with Crippen LogP contribution >= 0.6 is 0 Å². The summed E-state index contributed by atoms with van der Waals surface area (Å²) in [6, 6.07) is 47.0. The first-order valence-corrected chi connectivity index (χ1v) is 12.8. The molecule has 38 heavy (non-hydrogen) atoms. The van der Waals surface area contributed by atoms with Gasteiger partial charge < -0.3 is 0 Å². The van der Waals surface area contributed by atoms with E-state index < -0.39 is 0 Å². The van der Waals surface area contributed by atoms with Crippen molar-refractivity contribution in [2.75, 3.05) is 0 Å². The van der Waals surface area contributed by atoms with Gasteiger partial charge in [0.05, 0.1) is 11.0 Å². The summed E-state index contributed by atoms with van der Waals surface area (Å²) in [7, 11) is 0. The van der Waals surface area contributed by atoms with Crippen molar-refractivity contribution < 1.29 is 0 Å². The number of aromatic nitrogens is 2. The molecule has 5 aromatic carbocycles. The van der Waals surface area contributed by atoms with Gasteiger partial charge in [-0.1, -0.05) is 115 Å². The van der Waals surface area contributed by atoms with Crippen LogP contribution in [-0.2, 0) is 0 Å². The third-order valence-electron chi connectivity index (χ3n) is 7.20. The Balaban J connectivity index is 1.41. The molecule has 2 nitrogen and oxygen atoms in total. The Bertz CT molecular complexity index is 1910. The monoisotopic (exact) mass is 484 g/mol. The van der Waals surface area contributed by atoms with E-state index in [9.17, 15) is 0 Å². The summed E-state index contributed by atoms with van der Waals surface area (Å²) in [4.78, 5) is 9.66. The fourth-order valence-corrected chi connectivity index (χ4v) is 5.40. The molecule has 0 atom stereocenters. The maximum atomic E-state index is 4.84. The van der Waals surface area contributed by atoms with Crippen LogP contribution in [0.5, 0.6) is 0 Å². The van der Waals surface area contributed by atoms with Crippen LogP contribution in [0.4, 0.5) is 0 Å². The number of rotatable bonds is 4. The van der Waals surface area contributed by atoms with Gasteiger partial charge in [-0.25, -0.2) is 0 Å².